The molecule has 2 rings (SSSR count). The summed E-state index contributed by atoms with van der Waals surface area (Å²) < 4.78 is 45.5. The van der Waals surface area contributed by atoms with Crippen LogP contribution in [0.2, 0.25) is 0 Å². The Kier molecular flexibility index (Phi) is 4.22. The lowest BCUT2D eigenvalue weighted by Gasteiger charge is -2.11. The maximum Gasteiger partial charge on any atom is 0.241 e. The highest BCUT2D eigenvalue weighted by atomic mass is 32.2. The summed E-state index contributed by atoms with van der Waals surface area (Å²) >= 11 is 0. The molecule has 0 fully saturated rings. The third-order valence-corrected chi connectivity index (χ3v) is 4.43. The van der Waals surface area contributed by atoms with E-state index in [0.717, 1.165) is 0 Å². The number of benzene rings is 1. The largest absolute Gasteiger partial charge is 0.468 e. The van der Waals surface area contributed by atoms with Gasteiger partial charge in [-0.2, -0.15) is 0 Å². The van der Waals surface area contributed by atoms with Gasteiger partial charge in [0.2, 0.25) is 10.0 Å². The number of halogens is 1. The van der Waals surface area contributed by atoms with Crippen molar-refractivity contribution in [3.63, 3.8) is 0 Å². The average Bonchev–Trinajstić information content (AvgIpc) is 2.92. The Hall–Kier alpha value is -1.70. The van der Waals surface area contributed by atoms with E-state index in [-0.39, 0.29) is 23.5 Å². The van der Waals surface area contributed by atoms with Crippen molar-refractivity contribution in [2.75, 3.05) is 0 Å². The predicted molar refractivity (Wildman–Crippen MR) is 71.8 cm³/mol. The van der Waals surface area contributed by atoms with Gasteiger partial charge in [-0.05, 0) is 36.8 Å². The standard InChI is InChI=1S/C13H15FN2O3S/c1-9-12(14)5-10(7-15)6-13(9)20(17,18)16-8-11-3-2-4-19-11/h2-6,16H,7-8,15H2,1H3. The highest BCUT2D eigenvalue weighted by molar-refractivity contribution is 7.89. The zero-order valence-corrected chi connectivity index (χ0v) is 11.7. The molecule has 0 aliphatic heterocycles. The Morgan fingerprint density at radius 3 is 2.75 bits per heavy atom. The second-order valence-electron chi connectivity index (χ2n) is 4.31. The summed E-state index contributed by atoms with van der Waals surface area (Å²) in [6.45, 7) is 1.48. The Morgan fingerprint density at radius 2 is 2.15 bits per heavy atom. The predicted octanol–water partition coefficient (Wildman–Crippen LogP) is 1.66. The molecule has 20 heavy (non-hydrogen) atoms. The van der Waals surface area contributed by atoms with Gasteiger partial charge in [0.15, 0.2) is 0 Å². The van der Waals surface area contributed by atoms with E-state index in [9.17, 15) is 12.8 Å². The zero-order chi connectivity index (χ0) is 14.8. The van der Waals surface area contributed by atoms with E-state index >= 15 is 0 Å². The van der Waals surface area contributed by atoms with Crippen molar-refractivity contribution < 1.29 is 17.2 Å². The second-order valence-corrected chi connectivity index (χ2v) is 6.04. The summed E-state index contributed by atoms with van der Waals surface area (Å²) in [7, 11) is -3.83. The van der Waals surface area contributed by atoms with E-state index in [0.29, 0.717) is 11.3 Å². The van der Waals surface area contributed by atoms with Crippen LogP contribution in [0.1, 0.15) is 16.9 Å². The normalized spacial score (nSPS) is 11.8. The topological polar surface area (TPSA) is 85.3 Å². The number of hydrogen-bond donors (Lipinski definition) is 2. The number of nitrogens with two attached hydrogens (primary N) is 1. The molecular weight excluding hydrogens is 283 g/mol. The van der Waals surface area contributed by atoms with Gasteiger partial charge in [-0.15, -0.1) is 0 Å². The molecule has 0 bridgehead atoms. The van der Waals surface area contributed by atoms with E-state index in [2.05, 4.69) is 4.72 Å². The smallest absolute Gasteiger partial charge is 0.241 e. The van der Waals surface area contributed by atoms with Crippen LogP contribution in [0, 0.1) is 12.7 Å². The van der Waals surface area contributed by atoms with Gasteiger partial charge in [-0.3, -0.25) is 0 Å². The molecule has 0 aliphatic carbocycles. The van der Waals surface area contributed by atoms with Gasteiger partial charge >= 0.3 is 0 Å². The molecular formula is C13H15FN2O3S. The number of sulfonamides is 1. The fraction of sp³-hybridized carbons (Fsp3) is 0.231. The molecule has 1 aromatic carbocycles. The molecule has 108 valence electrons. The summed E-state index contributed by atoms with van der Waals surface area (Å²) in [4.78, 5) is -0.107. The van der Waals surface area contributed by atoms with Gasteiger partial charge < -0.3 is 10.2 Å². The molecule has 3 N–H and O–H groups in total. The number of furan rings is 1. The van der Waals surface area contributed by atoms with Crippen molar-refractivity contribution in [1.29, 1.82) is 0 Å². The lowest BCUT2D eigenvalue weighted by Crippen LogP contribution is -2.24. The molecule has 1 aromatic heterocycles. The summed E-state index contributed by atoms with van der Waals surface area (Å²) in [5.74, 6) is -0.118. The minimum Gasteiger partial charge on any atom is -0.468 e. The van der Waals surface area contributed by atoms with Crippen LogP contribution in [0.25, 0.3) is 0 Å². The van der Waals surface area contributed by atoms with E-state index in [1.165, 1.54) is 25.3 Å². The first kappa shape index (κ1) is 14.7. The van der Waals surface area contributed by atoms with E-state index < -0.39 is 15.8 Å². The third-order valence-electron chi connectivity index (χ3n) is 2.90. The molecule has 0 atom stereocenters. The van der Waals surface area contributed by atoms with Crippen LogP contribution in [0.3, 0.4) is 0 Å². The monoisotopic (exact) mass is 298 g/mol. The maximum atomic E-state index is 13.7. The van der Waals surface area contributed by atoms with Crippen molar-refractivity contribution >= 4 is 10.0 Å². The number of hydrogen-bond acceptors (Lipinski definition) is 4. The van der Waals surface area contributed by atoms with Crippen molar-refractivity contribution in [2.24, 2.45) is 5.73 Å². The van der Waals surface area contributed by atoms with Gasteiger partial charge in [0.05, 0.1) is 17.7 Å². The molecule has 0 saturated heterocycles. The molecule has 0 amide bonds. The van der Waals surface area contributed by atoms with Crippen LogP contribution in [0.4, 0.5) is 4.39 Å². The Labute approximate surface area is 116 Å². The number of rotatable bonds is 5. The highest BCUT2D eigenvalue weighted by Gasteiger charge is 2.20. The molecule has 0 saturated carbocycles. The first-order chi connectivity index (χ1) is 9.44. The van der Waals surface area contributed by atoms with Crippen molar-refractivity contribution in [1.82, 2.24) is 4.72 Å². The summed E-state index contributed by atoms with van der Waals surface area (Å²) in [6, 6.07) is 5.92. The first-order valence-electron chi connectivity index (χ1n) is 5.95. The summed E-state index contributed by atoms with van der Waals surface area (Å²) in [5, 5.41) is 0. The van der Waals surface area contributed by atoms with E-state index in [4.69, 9.17) is 10.2 Å². The molecule has 0 spiro atoms. The van der Waals surface area contributed by atoms with Gasteiger partial charge in [0.25, 0.3) is 0 Å². The molecule has 0 radical (unpaired) electrons. The second kappa shape index (κ2) is 5.74. The van der Waals surface area contributed by atoms with Crippen LogP contribution in [0.5, 0.6) is 0 Å². The summed E-state index contributed by atoms with van der Waals surface area (Å²) in [5.41, 5.74) is 5.92. The van der Waals surface area contributed by atoms with Gasteiger partial charge in [-0.25, -0.2) is 17.5 Å². The van der Waals surface area contributed by atoms with Crippen LogP contribution < -0.4 is 10.5 Å². The Bertz CT molecular complexity index is 697. The Balaban J connectivity index is 2.31. The fourth-order valence-electron chi connectivity index (χ4n) is 1.76. The minimum absolute atomic E-state index is 0.00322. The Morgan fingerprint density at radius 1 is 1.40 bits per heavy atom. The highest BCUT2D eigenvalue weighted by Crippen LogP contribution is 2.20. The van der Waals surface area contributed by atoms with E-state index in [1.54, 1.807) is 12.1 Å². The van der Waals surface area contributed by atoms with Crippen LogP contribution in [0.15, 0.2) is 39.8 Å². The average molecular weight is 298 g/mol. The van der Waals surface area contributed by atoms with Crippen molar-refractivity contribution in [3.8, 4) is 0 Å². The molecule has 7 heteroatoms. The van der Waals surface area contributed by atoms with Crippen molar-refractivity contribution in [3.05, 3.63) is 53.2 Å². The lowest BCUT2D eigenvalue weighted by molar-refractivity contribution is 0.498. The van der Waals surface area contributed by atoms with E-state index in [1.807, 2.05) is 0 Å². The molecule has 0 aliphatic rings. The quantitative estimate of drug-likeness (QED) is 0.879. The maximum absolute atomic E-state index is 13.7. The lowest BCUT2D eigenvalue weighted by atomic mass is 10.1. The molecule has 5 nitrogen and oxygen atoms in total. The van der Waals surface area contributed by atoms with Gasteiger partial charge in [-0.1, -0.05) is 0 Å². The van der Waals surface area contributed by atoms with Gasteiger partial charge in [0.1, 0.15) is 11.6 Å². The molecule has 2 aromatic rings. The summed E-state index contributed by atoms with van der Waals surface area (Å²) in [6.07, 6.45) is 1.45. The fourth-order valence-corrected chi connectivity index (χ4v) is 3.06. The van der Waals surface area contributed by atoms with Crippen molar-refractivity contribution in [2.45, 2.75) is 24.9 Å². The molecule has 0 unspecified atom stereocenters. The van der Waals surface area contributed by atoms with Crippen LogP contribution >= 0.6 is 0 Å². The molecule has 1 heterocycles. The zero-order valence-electron chi connectivity index (χ0n) is 10.9. The van der Waals surface area contributed by atoms with Crippen LogP contribution in [-0.2, 0) is 23.1 Å². The SMILES string of the molecule is Cc1c(F)cc(CN)cc1S(=O)(=O)NCc1ccco1. The minimum atomic E-state index is -3.83. The first-order valence-corrected chi connectivity index (χ1v) is 7.43. The van der Waals surface area contributed by atoms with Crippen LogP contribution in [-0.4, -0.2) is 8.42 Å². The van der Waals surface area contributed by atoms with Gasteiger partial charge in [0, 0.05) is 12.1 Å². The third kappa shape index (κ3) is 3.06. The number of nitrogens with one attached hydrogen (secondary N) is 1.